The van der Waals surface area contributed by atoms with Gasteiger partial charge in [0.05, 0.1) is 26.1 Å². The van der Waals surface area contributed by atoms with E-state index >= 15 is 0 Å². The fourth-order valence-corrected chi connectivity index (χ4v) is 2.66. The van der Waals surface area contributed by atoms with Crippen molar-refractivity contribution in [1.82, 2.24) is 20.3 Å². The van der Waals surface area contributed by atoms with Gasteiger partial charge in [0, 0.05) is 12.1 Å². The molecule has 0 aliphatic rings. The maximum absolute atomic E-state index is 12.4. The van der Waals surface area contributed by atoms with Gasteiger partial charge in [0.15, 0.2) is 5.69 Å². The van der Waals surface area contributed by atoms with Gasteiger partial charge in [-0.1, -0.05) is 24.3 Å². The Kier molecular flexibility index (Phi) is 5.71. The highest BCUT2D eigenvalue weighted by atomic mass is 16.5. The number of methoxy groups -OCH3 is 2. The highest BCUT2D eigenvalue weighted by Gasteiger charge is 2.13. The van der Waals surface area contributed by atoms with Crippen LogP contribution in [0.4, 0.5) is 0 Å². The molecule has 0 saturated heterocycles. The first-order valence-corrected chi connectivity index (χ1v) is 8.65. The van der Waals surface area contributed by atoms with Gasteiger partial charge < -0.3 is 14.8 Å². The van der Waals surface area contributed by atoms with Crippen LogP contribution in [-0.4, -0.2) is 35.1 Å². The number of carbonyl (C=O) groups is 1. The van der Waals surface area contributed by atoms with Gasteiger partial charge in [-0.2, -0.15) is 0 Å². The minimum atomic E-state index is -0.309. The molecular formula is C20H22N4O3. The zero-order valence-electron chi connectivity index (χ0n) is 15.6. The minimum absolute atomic E-state index is 0.247. The summed E-state index contributed by atoms with van der Waals surface area (Å²) in [5.74, 6) is 1.06. The summed E-state index contributed by atoms with van der Waals surface area (Å²) in [4.78, 5) is 12.4. The summed E-state index contributed by atoms with van der Waals surface area (Å²) < 4.78 is 12.1. The minimum Gasteiger partial charge on any atom is -0.497 e. The fourth-order valence-electron chi connectivity index (χ4n) is 2.66. The number of aryl methyl sites for hydroxylation is 1. The molecule has 1 N–H and O–H groups in total. The third-order valence-corrected chi connectivity index (χ3v) is 4.26. The van der Waals surface area contributed by atoms with Gasteiger partial charge in [0.2, 0.25) is 0 Å². The number of rotatable bonds is 7. The second kappa shape index (κ2) is 8.35. The molecule has 0 unspecified atom stereocenters. The van der Waals surface area contributed by atoms with Crippen LogP contribution >= 0.6 is 0 Å². The molecule has 1 aromatic heterocycles. The van der Waals surface area contributed by atoms with Crippen LogP contribution in [-0.2, 0) is 13.0 Å². The van der Waals surface area contributed by atoms with Gasteiger partial charge >= 0.3 is 0 Å². The molecule has 0 atom stereocenters. The van der Waals surface area contributed by atoms with Crippen molar-refractivity contribution in [2.75, 3.05) is 14.2 Å². The van der Waals surface area contributed by atoms with Crippen LogP contribution in [0, 0.1) is 0 Å². The number of carbonyl (C=O) groups excluding carboxylic acids is 1. The molecule has 0 saturated carbocycles. The Morgan fingerprint density at radius 1 is 1.11 bits per heavy atom. The van der Waals surface area contributed by atoms with Crippen LogP contribution in [0.3, 0.4) is 0 Å². The van der Waals surface area contributed by atoms with Gasteiger partial charge in [-0.15, -0.1) is 5.10 Å². The summed E-state index contributed by atoms with van der Waals surface area (Å²) in [6.07, 6.45) is 2.58. The molecule has 0 aliphatic heterocycles. The Balaban J connectivity index is 1.69. The Labute approximate surface area is 157 Å². The third-order valence-electron chi connectivity index (χ3n) is 4.26. The van der Waals surface area contributed by atoms with Crippen LogP contribution < -0.4 is 14.8 Å². The second-order valence-corrected chi connectivity index (χ2v) is 5.93. The van der Waals surface area contributed by atoms with E-state index in [1.165, 1.54) is 5.56 Å². The Hall–Kier alpha value is -3.35. The fraction of sp³-hybridized carbons (Fsp3) is 0.250. The van der Waals surface area contributed by atoms with E-state index in [0.29, 0.717) is 11.5 Å². The summed E-state index contributed by atoms with van der Waals surface area (Å²) in [7, 11) is 3.18. The largest absolute Gasteiger partial charge is 0.497 e. The summed E-state index contributed by atoms with van der Waals surface area (Å²) in [5.41, 5.74) is 3.15. The lowest BCUT2D eigenvalue weighted by atomic mass is 10.1. The average molecular weight is 366 g/mol. The lowest BCUT2D eigenvalue weighted by molar-refractivity contribution is 0.0945. The molecule has 2 aromatic carbocycles. The number of benzene rings is 2. The third kappa shape index (κ3) is 4.25. The van der Waals surface area contributed by atoms with Crippen molar-refractivity contribution in [3.8, 4) is 17.2 Å². The molecule has 1 amide bonds. The molecule has 140 valence electrons. The predicted octanol–water partition coefficient (Wildman–Crippen LogP) is 2.78. The zero-order valence-corrected chi connectivity index (χ0v) is 15.6. The molecule has 0 radical (unpaired) electrons. The molecule has 0 fully saturated rings. The lowest BCUT2D eigenvalue weighted by Crippen LogP contribution is -2.23. The van der Waals surface area contributed by atoms with E-state index in [1.807, 2.05) is 30.3 Å². The number of nitrogens with zero attached hydrogens (tertiary/aromatic N) is 3. The first-order valence-electron chi connectivity index (χ1n) is 8.65. The Morgan fingerprint density at radius 3 is 2.56 bits per heavy atom. The van der Waals surface area contributed by atoms with Crippen LogP contribution in [0.5, 0.6) is 11.5 Å². The SMILES string of the molecule is CCc1ccc(-n2cc(C(=O)NCc3cc(OC)ccc3OC)nn2)cc1. The maximum atomic E-state index is 12.4. The molecule has 0 aliphatic carbocycles. The van der Waals surface area contributed by atoms with Crippen molar-refractivity contribution in [3.05, 3.63) is 65.5 Å². The summed E-state index contributed by atoms with van der Waals surface area (Å²) in [6, 6.07) is 13.4. The van der Waals surface area contributed by atoms with Gasteiger partial charge in [-0.25, -0.2) is 4.68 Å². The number of nitrogens with one attached hydrogen (secondary N) is 1. The quantitative estimate of drug-likeness (QED) is 0.696. The van der Waals surface area contributed by atoms with Crippen molar-refractivity contribution in [2.24, 2.45) is 0 Å². The molecule has 0 spiro atoms. The number of ether oxygens (including phenoxy) is 2. The highest BCUT2D eigenvalue weighted by Crippen LogP contribution is 2.23. The number of aromatic nitrogens is 3. The van der Waals surface area contributed by atoms with Gasteiger partial charge in [-0.3, -0.25) is 4.79 Å². The maximum Gasteiger partial charge on any atom is 0.273 e. The van der Waals surface area contributed by atoms with E-state index < -0.39 is 0 Å². The van der Waals surface area contributed by atoms with Crippen LogP contribution in [0.15, 0.2) is 48.7 Å². The highest BCUT2D eigenvalue weighted by molar-refractivity contribution is 5.91. The van der Waals surface area contributed by atoms with Crippen LogP contribution in [0.25, 0.3) is 5.69 Å². The van der Waals surface area contributed by atoms with E-state index in [4.69, 9.17) is 9.47 Å². The normalized spacial score (nSPS) is 10.5. The number of hydrogen-bond donors (Lipinski definition) is 1. The first-order chi connectivity index (χ1) is 13.1. The molecule has 3 aromatic rings. The molecular weight excluding hydrogens is 344 g/mol. The number of hydrogen-bond acceptors (Lipinski definition) is 5. The molecule has 7 nitrogen and oxygen atoms in total. The molecule has 0 bridgehead atoms. The predicted molar refractivity (Wildman–Crippen MR) is 101 cm³/mol. The molecule has 27 heavy (non-hydrogen) atoms. The Morgan fingerprint density at radius 2 is 1.89 bits per heavy atom. The summed E-state index contributed by atoms with van der Waals surface area (Å²) >= 11 is 0. The number of amides is 1. The molecule has 7 heteroatoms. The van der Waals surface area contributed by atoms with Crippen molar-refractivity contribution in [2.45, 2.75) is 19.9 Å². The first kappa shape index (κ1) is 18.4. The average Bonchev–Trinajstić information content (AvgIpc) is 3.22. The van der Waals surface area contributed by atoms with Crippen LogP contribution in [0.1, 0.15) is 28.5 Å². The molecule has 1 heterocycles. The van der Waals surface area contributed by atoms with Crippen molar-refractivity contribution >= 4 is 5.91 Å². The van der Waals surface area contributed by atoms with E-state index in [1.54, 1.807) is 37.2 Å². The van der Waals surface area contributed by atoms with Crippen molar-refractivity contribution < 1.29 is 14.3 Å². The summed E-state index contributed by atoms with van der Waals surface area (Å²) in [5, 5.41) is 10.8. The Bertz CT molecular complexity index is 919. The van der Waals surface area contributed by atoms with Gasteiger partial charge in [-0.05, 0) is 42.3 Å². The topological polar surface area (TPSA) is 78.3 Å². The van der Waals surface area contributed by atoms with E-state index in [9.17, 15) is 4.79 Å². The standard InChI is InChI=1S/C20H22N4O3/c1-4-14-5-7-16(8-6-14)24-13-18(22-23-24)20(25)21-12-15-11-17(26-2)9-10-19(15)27-3/h5-11,13H,4,12H2,1-3H3,(H,21,25). The smallest absolute Gasteiger partial charge is 0.273 e. The van der Waals surface area contributed by atoms with E-state index in [0.717, 1.165) is 17.7 Å². The van der Waals surface area contributed by atoms with Gasteiger partial charge in [0.25, 0.3) is 5.91 Å². The molecule has 3 rings (SSSR count). The summed E-state index contributed by atoms with van der Waals surface area (Å²) in [6.45, 7) is 2.39. The van der Waals surface area contributed by atoms with E-state index in [-0.39, 0.29) is 18.1 Å². The van der Waals surface area contributed by atoms with E-state index in [2.05, 4.69) is 22.6 Å². The lowest BCUT2D eigenvalue weighted by Gasteiger charge is -2.10. The van der Waals surface area contributed by atoms with Gasteiger partial charge in [0.1, 0.15) is 11.5 Å². The van der Waals surface area contributed by atoms with Crippen LogP contribution in [0.2, 0.25) is 0 Å². The van der Waals surface area contributed by atoms with Crippen molar-refractivity contribution in [1.29, 1.82) is 0 Å². The second-order valence-electron chi connectivity index (χ2n) is 5.93. The van der Waals surface area contributed by atoms with Crippen molar-refractivity contribution in [3.63, 3.8) is 0 Å². The monoisotopic (exact) mass is 366 g/mol. The zero-order chi connectivity index (χ0) is 19.2.